The fourth-order valence-corrected chi connectivity index (χ4v) is 10.8. The Hall–Kier alpha value is -2.34. The normalized spacial score (nSPS) is 36.7. The molecule has 0 amide bonds. The molecule has 0 saturated heterocycles. The molecule has 0 bridgehead atoms. The summed E-state index contributed by atoms with van der Waals surface area (Å²) in [7, 11) is 0. The first-order chi connectivity index (χ1) is 18.3. The summed E-state index contributed by atoms with van der Waals surface area (Å²) < 4.78 is 0. The highest BCUT2D eigenvalue weighted by atomic mass is 14.7. The highest BCUT2D eigenvalue weighted by Crippen LogP contribution is 2.69. The van der Waals surface area contributed by atoms with E-state index in [2.05, 4.69) is 125 Å². The Morgan fingerprint density at radius 3 is 1.29 bits per heavy atom. The molecule has 0 aliphatic heterocycles. The molecule has 0 aromatic heterocycles. The zero-order valence-corrected chi connectivity index (χ0v) is 23.8. The van der Waals surface area contributed by atoms with Crippen LogP contribution in [0.25, 0.3) is 0 Å². The van der Waals surface area contributed by atoms with Gasteiger partial charge in [-0.15, -0.1) is 0 Å². The van der Waals surface area contributed by atoms with Gasteiger partial charge in [0.25, 0.3) is 0 Å². The Labute approximate surface area is 231 Å². The maximum Gasteiger partial charge on any atom is 0.0287 e. The van der Waals surface area contributed by atoms with E-state index < -0.39 is 0 Å². The summed E-state index contributed by atoms with van der Waals surface area (Å²) in [6, 6.07) is 33.2. The topological polar surface area (TPSA) is 0 Å². The van der Waals surface area contributed by atoms with Crippen molar-refractivity contribution in [3.05, 3.63) is 120 Å². The van der Waals surface area contributed by atoms with Crippen LogP contribution in [0.4, 0.5) is 0 Å². The summed E-state index contributed by atoms with van der Waals surface area (Å²) in [6.07, 6.45) is 13.6. The van der Waals surface area contributed by atoms with Crippen molar-refractivity contribution in [1.82, 2.24) is 0 Å². The van der Waals surface area contributed by atoms with Crippen LogP contribution in [0.2, 0.25) is 0 Å². The summed E-state index contributed by atoms with van der Waals surface area (Å²) in [6.45, 7) is 10.1. The Kier molecular flexibility index (Phi) is 5.57. The molecule has 0 heteroatoms. The molecule has 0 nitrogen and oxygen atoms in total. The van der Waals surface area contributed by atoms with Gasteiger partial charge < -0.3 is 0 Å². The van der Waals surface area contributed by atoms with Gasteiger partial charge in [-0.3, -0.25) is 0 Å². The minimum atomic E-state index is 0.00481. The van der Waals surface area contributed by atoms with E-state index in [0.717, 1.165) is 0 Å². The van der Waals surface area contributed by atoms with Gasteiger partial charge in [0, 0.05) is 10.8 Å². The van der Waals surface area contributed by atoms with Gasteiger partial charge in [0.05, 0.1) is 0 Å². The van der Waals surface area contributed by atoms with Gasteiger partial charge in [0.1, 0.15) is 0 Å². The molecule has 3 aromatic rings. The van der Waals surface area contributed by atoms with Gasteiger partial charge in [0.2, 0.25) is 0 Å². The predicted molar refractivity (Wildman–Crippen MR) is 159 cm³/mol. The predicted octanol–water partition coefficient (Wildman–Crippen LogP) is 9.58. The molecule has 196 valence electrons. The first-order valence-corrected chi connectivity index (χ1v) is 15.3. The SMILES string of the molecule is CC1(C)[CH]C2CCCC2C1(c1ccccc1)c1cccc(C2(c3ccccc3)C3CCCC3[CH]C2(C)C)c1. The second-order valence-corrected chi connectivity index (χ2v) is 14.1. The van der Waals surface area contributed by atoms with Crippen molar-refractivity contribution in [3.8, 4) is 0 Å². The van der Waals surface area contributed by atoms with Crippen LogP contribution >= 0.6 is 0 Å². The molecule has 2 radical (unpaired) electrons. The van der Waals surface area contributed by atoms with Gasteiger partial charge >= 0.3 is 0 Å². The number of benzene rings is 3. The molecule has 4 aliphatic carbocycles. The number of rotatable bonds is 4. The minimum absolute atomic E-state index is 0.00481. The van der Waals surface area contributed by atoms with E-state index in [-0.39, 0.29) is 21.7 Å². The summed E-state index contributed by atoms with van der Waals surface area (Å²) in [5.74, 6) is 2.77. The van der Waals surface area contributed by atoms with E-state index in [1.807, 2.05) is 0 Å². The maximum absolute atomic E-state index is 2.75. The third-order valence-electron chi connectivity index (χ3n) is 11.8. The van der Waals surface area contributed by atoms with Crippen LogP contribution < -0.4 is 0 Å². The third kappa shape index (κ3) is 3.10. The van der Waals surface area contributed by atoms with Crippen LogP contribution in [-0.4, -0.2) is 0 Å². The average molecular weight is 501 g/mol. The fraction of sp³-hybridized carbons (Fsp3) is 0.474. The van der Waals surface area contributed by atoms with E-state index in [9.17, 15) is 0 Å². The molecule has 4 saturated carbocycles. The van der Waals surface area contributed by atoms with Crippen LogP contribution in [0.1, 0.15) is 88.5 Å². The summed E-state index contributed by atoms with van der Waals surface area (Å²) in [5, 5.41) is 0. The fourth-order valence-electron chi connectivity index (χ4n) is 10.8. The van der Waals surface area contributed by atoms with Crippen LogP contribution in [-0.2, 0) is 10.8 Å². The van der Waals surface area contributed by atoms with Gasteiger partial charge in [-0.2, -0.15) is 0 Å². The van der Waals surface area contributed by atoms with Crippen LogP contribution in [0.15, 0.2) is 84.9 Å². The van der Waals surface area contributed by atoms with Crippen molar-refractivity contribution in [1.29, 1.82) is 0 Å². The molecule has 0 spiro atoms. The Bertz CT molecular complexity index is 1200. The van der Waals surface area contributed by atoms with Crippen molar-refractivity contribution in [2.24, 2.45) is 34.5 Å². The van der Waals surface area contributed by atoms with E-state index in [1.165, 1.54) is 49.7 Å². The van der Waals surface area contributed by atoms with E-state index in [4.69, 9.17) is 0 Å². The molecule has 0 heterocycles. The highest BCUT2D eigenvalue weighted by Gasteiger charge is 2.64. The molecular formula is C38H44. The molecule has 4 aliphatic rings. The average Bonchev–Trinajstić information content (AvgIpc) is 3.64. The standard InChI is InChI=1S/C38H44/c1-35(2)25-27-14-11-22-33(27)37(35,29-16-7-5-8-17-29)31-20-13-21-32(24-31)38(30-18-9-6-10-19-30)34-23-12-15-28(34)26-36(38,3)4/h5-10,13,16-21,24-28,33-34H,11-12,14-15,22-23H2,1-4H3. The van der Waals surface area contributed by atoms with Crippen LogP contribution in [0.3, 0.4) is 0 Å². The molecule has 0 N–H and O–H groups in total. The van der Waals surface area contributed by atoms with Gasteiger partial charge in [0.15, 0.2) is 0 Å². The van der Waals surface area contributed by atoms with Gasteiger partial charge in [-0.25, -0.2) is 0 Å². The van der Waals surface area contributed by atoms with E-state index >= 15 is 0 Å². The lowest BCUT2D eigenvalue weighted by molar-refractivity contribution is 0.210. The third-order valence-corrected chi connectivity index (χ3v) is 11.8. The lowest BCUT2D eigenvalue weighted by Crippen LogP contribution is -2.46. The molecular weight excluding hydrogens is 456 g/mol. The Balaban J connectivity index is 1.50. The summed E-state index contributed by atoms with van der Waals surface area (Å²) in [4.78, 5) is 0. The zero-order chi connectivity index (χ0) is 26.2. The molecule has 6 atom stereocenters. The summed E-state index contributed by atoms with van der Waals surface area (Å²) >= 11 is 0. The molecule has 7 rings (SSSR count). The zero-order valence-electron chi connectivity index (χ0n) is 23.8. The smallest absolute Gasteiger partial charge is 0.0287 e. The summed E-state index contributed by atoms with van der Waals surface area (Å²) in [5.41, 5.74) is 6.31. The van der Waals surface area contributed by atoms with E-state index in [0.29, 0.717) is 23.7 Å². The minimum Gasteiger partial charge on any atom is -0.0622 e. The molecule has 3 aromatic carbocycles. The first-order valence-electron chi connectivity index (χ1n) is 15.3. The van der Waals surface area contributed by atoms with E-state index in [1.54, 1.807) is 11.1 Å². The Morgan fingerprint density at radius 2 is 0.868 bits per heavy atom. The number of fused-ring (bicyclic) bond motifs is 2. The van der Waals surface area contributed by atoms with Crippen molar-refractivity contribution < 1.29 is 0 Å². The van der Waals surface area contributed by atoms with Crippen molar-refractivity contribution in [2.45, 2.75) is 77.0 Å². The second kappa shape index (κ2) is 8.58. The molecule has 38 heavy (non-hydrogen) atoms. The van der Waals surface area contributed by atoms with Crippen molar-refractivity contribution >= 4 is 0 Å². The molecule has 6 unspecified atom stereocenters. The van der Waals surface area contributed by atoms with Crippen molar-refractivity contribution in [2.75, 3.05) is 0 Å². The molecule has 4 fully saturated rings. The highest BCUT2D eigenvalue weighted by molar-refractivity contribution is 5.54. The van der Waals surface area contributed by atoms with Crippen molar-refractivity contribution in [3.63, 3.8) is 0 Å². The number of hydrogen-bond acceptors (Lipinski definition) is 0. The quantitative estimate of drug-likeness (QED) is 0.334. The van der Waals surface area contributed by atoms with Crippen LogP contribution in [0, 0.1) is 47.3 Å². The van der Waals surface area contributed by atoms with Gasteiger partial charge in [-0.1, -0.05) is 125 Å². The second-order valence-electron chi connectivity index (χ2n) is 14.1. The maximum atomic E-state index is 2.75. The van der Waals surface area contributed by atoms with Gasteiger partial charge in [-0.05, 0) is 95.3 Å². The monoisotopic (exact) mass is 500 g/mol. The Morgan fingerprint density at radius 1 is 0.474 bits per heavy atom. The van der Waals surface area contributed by atoms with Crippen LogP contribution in [0.5, 0.6) is 0 Å². The lowest BCUT2D eigenvalue weighted by Gasteiger charge is -2.49. The lowest BCUT2D eigenvalue weighted by atomic mass is 9.53. The number of hydrogen-bond donors (Lipinski definition) is 0. The first kappa shape index (κ1) is 24.7. The largest absolute Gasteiger partial charge is 0.0622 e.